The Kier molecular flexibility index (Phi) is 9.74. The third-order valence-corrected chi connectivity index (χ3v) is 8.49. The van der Waals surface area contributed by atoms with Crippen LogP contribution in [0.3, 0.4) is 0 Å². The first-order valence-corrected chi connectivity index (χ1v) is 14.2. The molecule has 2 aliphatic heterocycles. The number of hydrogen-bond donors (Lipinski definition) is 1. The fourth-order valence-electron chi connectivity index (χ4n) is 6.40. The SMILES string of the molecule is Cc1c(F)cccc1[C@@H]1[C@@H](C(=O)c2ccc(O)cc2)CN(CCCCN(C)C)C[C@H]1C(=O)N1CCC[C@H]1C(F)(F)F. The summed E-state index contributed by atoms with van der Waals surface area (Å²) in [6.45, 7) is 3.48. The van der Waals surface area contributed by atoms with Gasteiger partial charge in [0.25, 0.3) is 0 Å². The zero-order chi connectivity index (χ0) is 29.9. The minimum Gasteiger partial charge on any atom is -0.508 e. The van der Waals surface area contributed by atoms with Crippen molar-refractivity contribution in [2.75, 3.05) is 46.8 Å². The number of carbonyl (C=O) groups excluding carboxylic acids is 2. The molecule has 2 heterocycles. The topological polar surface area (TPSA) is 64.1 Å². The normalized spacial score (nSPS) is 23.8. The lowest BCUT2D eigenvalue weighted by atomic mass is 9.69. The first kappa shape index (κ1) is 31.0. The molecule has 224 valence electrons. The molecular formula is C31H39F4N3O3. The van der Waals surface area contributed by atoms with E-state index in [4.69, 9.17) is 0 Å². The summed E-state index contributed by atoms with van der Waals surface area (Å²) in [4.78, 5) is 33.2. The lowest BCUT2D eigenvalue weighted by molar-refractivity contribution is -0.185. The van der Waals surface area contributed by atoms with Crippen LogP contribution >= 0.6 is 0 Å². The number of ketones is 1. The van der Waals surface area contributed by atoms with Gasteiger partial charge in [0.1, 0.15) is 17.6 Å². The monoisotopic (exact) mass is 577 g/mol. The molecule has 0 bridgehead atoms. The lowest BCUT2D eigenvalue weighted by Gasteiger charge is -2.45. The lowest BCUT2D eigenvalue weighted by Crippen LogP contribution is -2.55. The highest BCUT2D eigenvalue weighted by molar-refractivity contribution is 5.99. The van der Waals surface area contributed by atoms with Crippen LogP contribution in [0.2, 0.25) is 0 Å². The summed E-state index contributed by atoms with van der Waals surface area (Å²) in [5.41, 5.74) is 1.07. The second-order valence-corrected chi connectivity index (χ2v) is 11.6. The second-order valence-electron chi connectivity index (χ2n) is 11.6. The zero-order valence-corrected chi connectivity index (χ0v) is 23.8. The van der Waals surface area contributed by atoms with Gasteiger partial charge < -0.3 is 19.8 Å². The van der Waals surface area contributed by atoms with Crippen molar-refractivity contribution in [3.8, 4) is 5.75 Å². The maximum Gasteiger partial charge on any atom is 0.408 e. The van der Waals surface area contributed by atoms with Crippen LogP contribution in [0.15, 0.2) is 42.5 Å². The molecule has 0 aliphatic carbocycles. The summed E-state index contributed by atoms with van der Waals surface area (Å²) < 4.78 is 56.7. The highest BCUT2D eigenvalue weighted by Crippen LogP contribution is 2.44. The number of rotatable bonds is 9. The van der Waals surface area contributed by atoms with E-state index >= 15 is 0 Å². The molecule has 2 aliphatic rings. The van der Waals surface area contributed by atoms with Crippen molar-refractivity contribution >= 4 is 11.7 Å². The Bertz CT molecular complexity index is 1220. The third-order valence-electron chi connectivity index (χ3n) is 8.49. The molecule has 2 aromatic rings. The second kappa shape index (κ2) is 12.9. The summed E-state index contributed by atoms with van der Waals surface area (Å²) >= 11 is 0. The summed E-state index contributed by atoms with van der Waals surface area (Å²) in [5, 5.41) is 9.77. The van der Waals surface area contributed by atoms with Crippen LogP contribution in [0.25, 0.3) is 0 Å². The molecule has 0 spiro atoms. The molecule has 4 rings (SSSR count). The van der Waals surface area contributed by atoms with E-state index in [0.717, 1.165) is 24.3 Å². The molecule has 2 saturated heterocycles. The minimum absolute atomic E-state index is 0.00618. The van der Waals surface area contributed by atoms with Crippen LogP contribution in [-0.2, 0) is 4.79 Å². The van der Waals surface area contributed by atoms with Gasteiger partial charge in [-0.15, -0.1) is 0 Å². The molecule has 6 nitrogen and oxygen atoms in total. The molecule has 2 fully saturated rings. The van der Waals surface area contributed by atoms with Crippen molar-refractivity contribution in [3.05, 3.63) is 65.0 Å². The van der Waals surface area contributed by atoms with E-state index in [2.05, 4.69) is 4.90 Å². The molecule has 0 unspecified atom stereocenters. The number of phenols is 1. The predicted molar refractivity (Wildman–Crippen MR) is 148 cm³/mol. The molecule has 10 heteroatoms. The van der Waals surface area contributed by atoms with Gasteiger partial charge in [0.05, 0.1) is 5.92 Å². The molecule has 2 aromatic carbocycles. The number of Topliss-reactive ketones (excluding diaryl/α,β-unsaturated/α-hetero) is 1. The van der Waals surface area contributed by atoms with Gasteiger partial charge in [-0.2, -0.15) is 13.2 Å². The molecule has 1 N–H and O–H groups in total. The van der Waals surface area contributed by atoms with Gasteiger partial charge in [-0.1, -0.05) is 12.1 Å². The number of alkyl halides is 3. The molecule has 0 saturated carbocycles. The number of nitrogens with zero attached hydrogens (tertiary/aromatic N) is 3. The maximum absolute atomic E-state index is 14.9. The van der Waals surface area contributed by atoms with Crippen LogP contribution in [-0.4, -0.2) is 90.5 Å². The van der Waals surface area contributed by atoms with E-state index in [-0.39, 0.29) is 49.6 Å². The number of benzene rings is 2. The van der Waals surface area contributed by atoms with Gasteiger partial charge in [-0.3, -0.25) is 9.59 Å². The first-order valence-electron chi connectivity index (χ1n) is 14.2. The van der Waals surface area contributed by atoms with E-state index in [1.807, 2.05) is 19.0 Å². The van der Waals surface area contributed by atoms with Crippen LogP contribution in [0.4, 0.5) is 17.6 Å². The van der Waals surface area contributed by atoms with E-state index in [1.54, 1.807) is 13.0 Å². The summed E-state index contributed by atoms with van der Waals surface area (Å²) in [6, 6.07) is 8.43. The Morgan fingerprint density at radius 1 is 1.02 bits per heavy atom. The number of amides is 1. The van der Waals surface area contributed by atoms with Crippen molar-refractivity contribution in [1.29, 1.82) is 0 Å². The van der Waals surface area contributed by atoms with Gasteiger partial charge >= 0.3 is 6.18 Å². The molecular weight excluding hydrogens is 538 g/mol. The number of phenolic OH excluding ortho intramolecular Hbond substituents is 1. The Balaban J connectivity index is 1.77. The fourth-order valence-corrected chi connectivity index (χ4v) is 6.40. The number of aromatic hydroxyl groups is 1. The van der Waals surface area contributed by atoms with E-state index in [0.29, 0.717) is 17.7 Å². The number of carbonyl (C=O) groups is 2. The van der Waals surface area contributed by atoms with Gasteiger partial charge in [-0.05, 0) is 101 Å². The molecule has 41 heavy (non-hydrogen) atoms. The maximum atomic E-state index is 14.9. The van der Waals surface area contributed by atoms with Gasteiger partial charge in [0.15, 0.2) is 5.78 Å². The molecule has 1 amide bonds. The number of unbranched alkanes of at least 4 members (excludes halogenated alkanes) is 1. The van der Waals surface area contributed by atoms with Crippen molar-refractivity contribution < 1.29 is 32.3 Å². The third kappa shape index (κ3) is 7.09. The molecule has 0 radical (unpaired) electrons. The van der Waals surface area contributed by atoms with Gasteiger partial charge in [0.2, 0.25) is 5.91 Å². The zero-order valence-electron chi connectivity index (χ0n) is 23.8. The highest BCUT2D eigenvalue weighted by atomic mass is 19.4. The van der Waals surface area contributed by atoms with Gasteiger partial charge in [-0.25, -0.2) is 4.39 Å². The standard InChI is InChI=1S/C31H39F4N3O3/c1-20-23(8-6-9-26(20)32)28-24(29(40)21-11-13-22(39)14-12-21)18-37(16-5-4-15-36(2)3)19-25(28)30(41)38-17-7-10-27(38)31(33,34)35/h6,8-9,11-14,24-25,27-28,39H,4-5,7,10,15-19H2,1-3H3/t24-,25+,27-,28+/m0/s1. The van der Waals surface area contributed by atoms with Crippen molar-refractivity contribution in [2.45, 2.75) is 50.7 Å². The Hall–Kier alpha value is -2.98. The summed E-state index contributed by atoms with van der Waals surface area (Å²) in [5.74, 6) is -4.01. The molecule has 0 aromatic heterocycles. The molecule has 4 atom stereocenters. The van der Waals surface area contributed by atoms with Crippen LogP contribution in [0, 0.1) is 24.6 Å². The number of likely N-dealkylation sites (tertiary alicyclic amines) is 2. The van der Waals surface area contributed by atoms with E-state index < -0.39 is 41.7 Å². The predicted octanol–water partition coefficient (Wildman–Crippen LogP) is 5.25. The Morgan fingerprint density at radius 3 is 2.37 bits per heavy atom. The number of piperidine rings is 1. The van der Waals surface area contributed by atoms with Crippen molar-refractivity contribution in [2.24, 2.45) is 11.8 Å². The quantitative estimate of drug-likeness (QED) is 0.251. The first-order chi connectivity index (χ1) is 19.4. The van der Waals surface area contributed by atoms with Crippen LogP contribution in [0.1, 0.15) is 53.1 Å². The summed E-state index contributed by atoms with van der Waals surface area (Å²) in [7, 11) is 3.95. The van der Waals surface area contributed by atoms with Gasteiger partial charge in [0, 0.05) is 37.0 Å². The van der Waals surface area contributed by atoms with Crippen molar-refractivity contribution in [3.63, 3.8) is 0 Å². The Morgan fingerprint density at radius 2 is 1.71 bits per heavy atom. The van der Waals surface area contributed by atoms with E-state index in [9.17, 15) is 32.3 Å². The Labute approximate surface area is 238 Å². The van der Waals surface area contributed by atoms with Crippen LogP contribution < -0.4 is 0 Å². The highest BCUT2D eigenvalue weighted by Gasteiger charge is 2.52. The summed E-state index contributed by atoms with van der Waals surface area (Å²) in [6.07, 6.45) is -2.80. The average Bonchev–Trinajstić information content (AvgIpc) is 3.43. The fraction of sp³-hybridized carbons (Fsp3) is 0.548. The number of hydrogen-bond acceptors (Lipinski definition) is 5. The van der Waals surface area contributed by atoms with Crippen molar-refractivity contribution in [1.82, 2.24) is 14.7 Å². The minimum atomic E-state index is -4.56. The smallest absolute Gasteiger partial charge is 0.408 e. The average molecular weight is 578 g/mol. The van der Waals surface area contributed by atoms with Crippen LogP contribution in [0.5, 0.6) is 5.75 Å². The number of halogens is 4. The van der Waals surface area contributed by atoms with E-state index in [1.165, 1.54) is 36.4 Å². The largest absolute Gasteiger partial charge is 0.508 e.